The average molecular weight is 254 g/mol. The molecule has 0 aromatic heterocycles. The Bertz CT molecular complexity index is 284. The summed E-state index contributed by atoms with van der Waals surface area (Å²) >= 11 is 0. The van der Waals surface area contributed by atoms with Gasteiger partial charge >= 0.3 is 5.97 Å². The second-order valence-electron chi connectivity index (χ2n) is 5.39. The highest BCUT2D eigenvalue weighted by Gasteiger charge is 2.30. The molecule has 0 unspecified atom stereocenters. The maximum absolute atomic E-state index is 11.2. The van der Waals surface area contributed by atoms with Crippen LogP contribution in [0.25, 0.3) is 0 Å². The second-order valence-corrected chi connectivity index (χ2v) is 5.39. The summed E-state index contributed by atoms with van der Waals surface area (Å²) in [4.78, 5) is 26.5. The van der Waals surface area contributed by atoms with Crippen molar-refractivity contribution in [3.63, 3.8) is 0 Å². The van der Waals surface area contributed by atoms with E-state index in [4.69, 9.17) is 5.11 Å². The summed E-state index contributed by atoms with van der Waals surface area (Å²) in [5, 5.41) is 8.97. The summed E-state index contributed by atoms with van der Waals surface area (Å²) in [6.45, 7) is 5.10. The van der Waals surface area contributed by atoms with E-state index < -0.39 is 5.97 Å². The largest absolute Gasteiger partial charge is 0.481 e. The van der Waals surface area contributed by atoms with Crippen molar-refractivity contribution in [1.29, 1.82) is 0 Å². The number of aliphatic carboxylic acids is 1. The first-order valence-corrected chi connectivity index (χ1v) is 6.80. The SMILES string of the molecule is CC(=O)N1CCC(N2CCC(C(=O)O)CC2)CC1. The number of nitrogens with zero attached hydrogens (tertiary/aromatic N) is 2. The number of amides is 1. The second kappa shape index (κ2) is 5.69. The minimum atomic E-state index is -0.652. The maximum atomic E-state index is 11.2. The molecule has 0 saturated carbocycles. The van der Waals surface area contributed by atoms with Crippen molar-refractivity contribution in [2.24, 2.45) is 5.92 Å². The molecule has 2 aliphatic rings. The third-order valence-electron chi connectivity index (χ3n) is 4.30. The fourth-order valence-electron chi connectivity index (χ4n) is 3.06. The summed E-state index contributed by atoms with van der Waals surface area (Å²) in [6, 6.07) is 0.537. The van der Waals surface area contributed by atoms with Gasteiger partial charge in [-0.25, -0.2) is 0 Å². The number of hydrogen-bond acceptors (Lipinski definition) is 3. The Balaban J connectivity index is 1.78. The van der Waals surface area contributed by atoms with Crippen LogP contribution in [0.5, 0.6) is 0 Å². The Morgan fingerprint density at radius 3 is 2.00 bits per heavy atom. The predicted octanol–water partition coefficient (Wildman–Crippen LogP) is 0.794. The van der Waals surface area contributed by atoms with Gasteiger partial charge in [-0.05, 0) is 38.8 Å². The Morgan fingerprint density at radius 2 is 1.56 bits per heavy atom. The normalized spacial score (nSPS) is 24.2. The first kappa shape index (κ1) is 13.3. The Labute approximate surface area is 108 Å². The number of hydrogen-bond donors (Lipinski definition) is 1. The number of carbonyl (C=O) groups excluding carboxylic acids is 1. The van der Waals surface area contributed by atoms with Gasteiger partial charge in [0.15, 0.2) is 0 Å². The van der Waals surface area contributed by atoms with Gasteiger partial charge in [0.05, 0.1) is 5.92 Å². The van der Waals surface area contributed by atoms with E-state index in [9.17, 15) is 9.59 Å². The standard InChI is InChI=1S/C13H22N2O3/c1-10(16)14-8-4-12(5-9-14)15-6-2-11(3-7-15)13(17)18/h11-12H,2-9H2,1H3,(H,17,18). The van der Waals surface area contributed by atoms with Crippen molar-refractivity contribution < 1.29 is 14.7 Å². The van der Waals surface area contributed by atoms with Crippen LogP contribution in [0.2, 0.25) is 0 Å². The van der Waals surface area contributed by atoms with Crippen molar-refractivity contribution in [3.05, 3.63) is 0 Å². The van der Waals surface area contributed by atoms with E-state index in [-0.39, 0.29) is 11.8 Å². The number of carboxylic acid groups (broad SMARTS) is 1. The number of rotatable bonds is 2. The van der Waals surface area contributed by atoms with E-state index in [1.165, 1.54) is 0 Å². The van der Waals surface area contributed by atoms with Crippen molar-refractivity contribution in [3.8, 4) is 0 Å². The number of carboxylic acids is 1. The summed E-state index contributed by atoms with van der Waals surface area (Å²) in [6.07, 6.45) is 3.58. The molecule has 0 aromatic rings. The molecule has 1 N–H and O–H groups in total. The van der Waals surface area contributed by atoms with Gasteiger partial charge in [0.25, 0.3) is 0 Å². The Morgan fingerprint density at radius 1 is 1.00 bits per heavy atom. The molecule has 0 aromatic carbocycles. The van der Waals surface area contributed by atoms with Crippen molar-refractivity contribution in [2.75, 3.05) is 26.2 Å². The first-order chi connectivity index (χ1) is 8.58. The van der Waals surface area contributed by atoms with E-state index in [1.807, 2.05) is 4.90 Å². The predicted molar refractivity (Wildman–Crippen MR) is 67.2 cm³/mol. The Kier molecular flexibility index (Phi) is 4.22. The van der Waals surface area contributed by atoms with Gasteiger partial charge in [-0.15, -0.1) is 0 Å². The molecule has 102 valence electrons. The number of likely N-dealkylation sites (tertiary alicyclic amines) is 2. The zero-order chi connectivity index (χ0) is 13.1. The number of piperidine rings is 2. The van der Waals surface area contributed by atoms with Gasteiger partial charge in [-0.1, -0.05) is 0 Å². The maximum Gasteiger partial charge on any atom is 0.306 e. The lowest BCUT2D eigenvalue weighted by molar-refractivity contribution is -0.143. The molecule has 2 rings (SSSR count). The van der Waals surface area contributed by atoms with Gasteiger partial charge < -0.3 is 14.9 Å². The van der Waals surface area contributed by atoms with E-state index in [2.05, 4.69) is 4.90 Å². The highest BCUT2D eigenvalue weighted by Crippen LogP contribution is 2.23. The molecular weight excluding hydrogens is 232 g/mol. The van der Waals surface area contributed by atoms with Crippen LogP contribution in [0, 0.1) is 5.92 Å². The van der Waals surface area contributed by atoms with E-state index in [1.54, 1.807) is 6.92 Å². The van der Waals surface area contributed by atoms with Crippen LogP contribution in [-0.2, 0) is 9.59 Å². The first-order valence-electron chi connectivity index (χ1n) is 6.80. The van der Waals surface area contributed by atoms with Crippen LogP contribution in [-0.4, -0.2) is 59.0 Å². The molecule has 5 nitrogen and oxygen atoms in total. The lowest BCUT2D eigenvalue weighted by Gasteiger charge is -2.41. The summed E-state index contributed by atoms with van der Waals surface area (Å²) in [5.41, 5.74) is 0. The van der Waals surface area contributed by atoms with Crippen LogP contribution < -0.4 is 0 Å². The van der Waals surface area contributed by atoms with Crippen LogP contribution in [0.3, 0.4) is 0 Å². The van der Waals surface area contributed by atoms with E-state index in [0.717, 1.165) is 51.9 Å². The van der Waals surface area contributed by atoms with Gasteiger partial charge in [0.2, 0.25) is 5.91 Å². The monoisotopic (exact) mass is 254 g/mol. The molecule has 0 atom stereocenters. The molecule has 2 heterocycles. The number of carbonyl (C=O) groups is 2. The zero-order valence-electron chi connectivity index (χ0n) is 11.0. The molecule has 5 heteroatoms. The summed E-state index contributed by atoms with van der Waals surface area (Å²) in [5.74, 6) is -0.641. The fourth-order valence-corrected chi connectivity index (χ4v) is 3.06. The highest BCUT2D eigenvalue weighted by molar-refractivity contribution is 5.73. The van der Waals surface area contributed by atoms with Gasteiger partial charge in [-0.3, -0.25) is 9.59 Å². The molecule has 0 radical (unpaired) electrons. The topological polar surface area (TPSA) is 60.9 Å². The van der Waals surface area contributed by atoms with Crippen LogP contribution in [0.1, 0.15) is 32.6 Å². The lowest BCUT2D eigenvalue weighted by atomic mass is 9.93. The molecule has 2 fully saturated rings. The zero-order valence-corrected chi connectivity index (χ0v) is 11.0. The molecule has 1 amide bonds. The van der Waals surface area contributed by atoms with E-state index >= 15 is 0 Å². The quantitative estimate of drug-likeness (QED) is 0.791. The summed E-state index contributed by atoms with van der Waals surface area (Å²) in [7, 11) is 0. The smallest absolute Gasteiger partial charge is 0.306 e. The van der Waals surface area contributed by atoms with Crippen molar-refractivity contribution in [2.45, 2.75) is 38.6 Å². The van der Waals surface area contributed by atoms with Crippen LogP contribution in [0.4, 0.5) is 0 Å². The van der Waals surface area contributed by atoms with Crippen LogP contribution >= 0.6 is 0 Å². The molecule has 0 bridgehead atoms. The van der Waals surface area contributed by atoms with Gasteiger partial charge in [-0.2, -0.15) is 0 Å². The van der Waals surface area contributed by atoms with E-state index in [0.29, 0.717) is 6.04 Å². The van der Waals surface area contributed by atoms with Gasteiger partial charge in [0, 0.05) is 26.1 Å². The van der Waals surface area contributed by atoms with Crippen molar-refractivity contribution in [1.82, 2.24) is 9.80 Å². The lowest BCUT2D eigenvalue weighted by Crippen LogP contribution is -2.49. The highest BCUT2D eigenvalue weighted by atomic mass is 16.4. The summed E-state index contributed by atoms with van der Waals surface area (Å²) < 4.78 is 0. The molecule has 0 spiro atoms. The minimum Gasteiger partial charge on any atom is -0.481 e. The third kappa shape index (κ3) is 3.02. The molecular formula is C13H22N2O3. The fraction of sp³-hybridized carbons (Fsp3) is 0.846. The van der Waals surface area contributed by atoms with Crippen molar-refractivity contribution >= 4 is 11.9 Å². The molecule has 18 heavy (non-hydrogen) atoms. The molecule has 2 saturated heterocycles. The van der Waals surface area contributed by atoms with Gasteiger partial charge in [0.1, 0.15) is 0 Å². The van der Waals surface area contributed by atoms with Crippen LogP contribution in [0.15, 0.2) is 0 Å². The molecule has 0 aliphatic carbocycles. The Hall–Kier alpha value is -1.10. The minimum absolute atomic E-state index is 0.154. The average Bonchev–Trinajstić information content (AvgIpc) is 2.39. The molecule has 2 aliphatic heterocycles. The third-order valence-corrected chi connectivity index (χ3v) is 4.30.